The van der Waals surface area contributed by atoms with Crippen molar-refractivity contribution < 1.29 is 23.8 Å². The molecule has 0 amide bonds. The van der Waals surface area contributed by atoms with Crippen molar-refractivity contribution >= 4 is 25.2 Å². The predicted molar refractivity (Wildman–Crippen MR) is 97.5 cm³/mol. The van der Waals surface area contributed by atoms with E-state index in [1.807, 2.05) is 6.07 Å². The van der Waals surface area contributed by atoms with Crippen LogP contribution in [0, 0.1) is 0 Å². The number of nitrogens with two attached hydrogens (primary N) is 2. The number of hydrogen-bond donors (Lipinski definition) is 4. The number of aromatic hydroxyl groups is 1. The molecule has 2 aromatic heterocycles. The van der Waals surface area contributed by atoms with Gasteiger partial charge in [0.15, 0.2) is 17.0 Å². The van der Waals surface area contributed by atoms with Crippen molar-refractivity contribution in [2.24, 2.45) is 5.73 Å². The lowest BCUT2D eigenvalue weighted by Crippen LogP contribution is -2.13. The standard InChI is InChI=1S/C15H19N6O5P/c16-4-5-25-14-19-12(17)11-13(20-14)21(15(22)18-11)7-9-2-1-3-10(6-9)8-26-27(23)24/h1-3,6,27H,4-5,7-8,16H2,(H,18,22)(H,23,24)(H2,17,19,20). The number of anilines is 1. The van der Waals surface area contributed by atoms with Gasteiger partial charge < -0.3 is 30.7 Å². The number of rotatable bonds is 8. The SMILES string of the molecule is NCCOc1nc(N)c2nc(O)n(Cc3cccc(CO[PH](=O)O)c3)c2n1. The summed E-state index contributed by atoms with van der Waals surface area (Å²) < 4.78 is 22.2. The highest BCUT2D eigenvalue weighted by atomic mass is 31.1. The normalized spacial score (nSPS) is 12.4. The number of nitrogen functional groups attached to an aromatic ring is 1. The average Bonchev–Trinajstić information content (AvgIpc) is 2.95. The first-order valence-electron chi connectivity index (χ1n) is 7.97. The van der Waals surface area contributed by atoms with E-state index in [1.165, 1.54) is 4.57 Å². The number of fused-ring (bicyclic) bond motifs is 1. The largest absolute Gasteiger partial charge is 0.480 e. The quantitative estimate of drug-likeness (QED) is 0.392. The highest BCUT2D eigenvalue weighted by Gasteiger charge is 2.17. The van der Waals surface area contributed by atoms with E-state index in [2.05, 4.69) is 15.0 Å². The summed E-state index contributed by atoms with van der Waals surface area (Å²) in [4.78, 5) is 21.0. The molecule has 2 heterocycles. The minimum Gasteiger partial charge on any atom is -0.480 e. The lowest BCUT2D eigenvalue weighted by molar-refractivity contribution is 0.272. The maximum Gasteiger partial charge on any atom is 0.320 e. The van der Waals surface area contributed by atoms with Gasteiger partial charge in [-0.25, -0.2) is 0 Å². The Hall–Kier alpha value is -2.72. The third-order valence-electron chi connectivity index (χ3n) is 3.62. The van der Waals surface area contributed by atoms with Crippen molar-refractivity contribution in [2.75, 3.05) is 18.9 Å². The number of hydrogen-bond acceptors (Lipinski definition) is 9. The molecule has 0 fully saturated rings. The number of benzene rings is 1. The Kier molecular flexibility index (Phi) is 5.87. The molecule has 12 heteroatoms. The van der Waals surface area contributed by atoms with E-state index < -0.39 is 8.25 Å². The number of aromatic nitrogens is 4. The van der Waals surface area contributed by atoms with Crippen LogP contribution >= 0.6 is 8.25 Å². The van der Waals surface area contributed by atoms with Crippen LogP contribution in [-0.2, 0) is 22.2 Å². The van der Waals surface area contributed by atoms with Gasteiger partial charge in [-0.2, -0.15) is 15.0 Å². The molecule has 0 aliphatic carbocycles. The van der Waals surface area contributed by atoms with Gasteiger partial charge in [-0.3, -0.25) is 9.13 Å². The molecule has 0 radical (unpaired) electrons. The fraction of sp³-hybridized carbons (Fsp3) is 0.267. The first kappa shape index (κ1) is 19.1. The van der Waals surface area contributed by atoms with E-state index in [-0.39, 0.29) is 43.1 Å². The Morgan fingerprint density at radius 3 is 2.74 bits per heavy atom. The van der Waals surface area contributed by atoms with Crippen molar-refractivity contribution in [3.8, 4) is 12.0 Å². The Labute approximate surface area is 154 Å². The molecule has 0 saturated heterocycles. The van der Waals surface area contributed by atoms with Crippen molar-refractivity contribution in [1.29, 1.82) is 0 Å². The fourth-order valence-corrected chi connectivity index (χ4v) is 2.79. The maximum atomic E-state index is 10.7. The molecule has 1 unspecified atom stereocenters. The maximum absolute atomic E-state index is 10.7. The Bertz CT molecular complexity index is 979. The van der Waals surface area contributed by atoms with Crippen LogP contribution < -0.4 is 16.2 Å². The van der Waals surface area contributed by atoms with Gasteiger partial charge in [0.1, 0.15) is 6.61 Å². The summed E-state index contributed by atoms with van der Waals surface area (Å²) >= 11 is 0. The third kappa shape index (κ3) is 4.52. The lowest BCUT2D eigenvalue weighted by atomic mass is 10.1. The molecule has 3 rings (SSSR count). The van der Waals surface area contributed by atoms with Crippen molar-refractivity contribution in [3.63, 3.8) is 0 Å². The molecule has 1 aromatic carbocycles. The predicted octanol–water partition coefficient (Wildman–Crippen LogP) is 0.398. The highest BCUT2D eigenvalue weighted by Crippen LogP contribution is 2.26. The summed E-state index contributed by atoms with van der Waals surface area (Å²) in [5.41, 5.74) is 13.4. The van der Waals surface area contributed by atoms with Crippen LogP contribution in [0.3, 0.4) is 0 Å². The van der Waals surface area contributed by atoms with Gasteiger partial charge in [0.05, 0.1) is 13.2 Å². The van der Waals surface area contributed by atoms with E-state index in [4.69, 9.17) is 25.6 Å². The van der Waals surface area contributed by atoms with Crippen LogP contribution in [0.5, 0.6) is 12.0 Å². The molecule has 3 aromatic rings. The van der Waals surface area contributed by atoms with E-state index in [9.17, 15) is 9.67 Å². The van der Waals surface area contributed by atoms with Crippen LogP contribution in [0.25, 0.3) is 11.2 Å². The van der Waals surface area contributed by atoms with E-state index in [0.29, 0.717) is 17.8 Å². The monoisotopic (exact) mass is 394 g/mol. The smallest absolute Gasteiger partial charge is 0.320 e. The first-order chi connectivity index (χ1) is 13.0. The summed E-state index contributed by atoms with van der Waals surface area (Å²) in [7, 11) is -3.01. The van der Waals surface area contributed by atoms with Crippen LogP contribution in [0.2, 0.25) is 0 Å². The summed E-state index contributed by atoms with van der Waals surface area (Å²) in [6, 6.07) is 6.92. The van der Waals surface area contributed by atoms with Crippen molar-refractivity contribution in [2.45, 2.75) is 13.2 Å². The van der Waals surface area contributed by atoms with E-state index in [0.717, 1.165) is 5.56 Å². The number of ether oxygens (including phenoxy) is 1. The molecular formula is C15H19N6O5P. The van der Waals surface area contributed by atoms with Crippen LogP contribution in [0.4, 0.5) is 5.82 Å². The van der Waals surface area contributed by atoms with Crippen LogP contribution in [-0.4, -0.2) is 42.7 Å². The van der Waals surface area contributed by atoms with Crippen LogP contribution in [0.15, 0.2) is 24.3 Å². The molecule has 0 spiro atoms. The summed E-state index contributed by atoms with van der Waals surface area (Å²) in [6.07, 6.45) is 0. The number of imidazole rings is 1. The first-order valence-corrected chi connectivity index (χ1v) is 9.23. The zero-order valence-electron chi connectivity index (χ0n) is 14.2. The zero-order valence-corrected chi connectivity index (χ0v) is 15.2. The molecular weight excluding hydrogens is 375 g/mol. The zero-order chi connectivity index (χ0) is 19.4. The van der Waals surface area contributed by atoms with E-state index in [1.54, 1.807) is 18.2 Å². The Balaban J connectivity index is 1.92. The minimum absolute atomic E-state index is 0.00495. The molecule has 0 saturated carbocycles. The van der Waals surface area contributed by atoms with Crippen LogP contribution in [0.1, 0.15) is 11.1 Å². The van der Waals surface area contributed by atoms with Gasteiger partial charge in [-0.05, 0) is 11.1 Å². The Morgan fingerprint density at radius 2 is 2.00 bits per heavy atom. The minimum atomic E-state index is -3.01. The van der Waals surface area contributed by atoms with E-state index >= 15 is 0 Å². The highest BCUT2D eigenvalue weighted by molar-refractivity contribution is 7.32. The summed E-state index contributed by atoms with van der Waals surface area (Å²) in [5, 5.41) is 10.2. The fourth-order valence-electron chi connectivity index (χ4n) is 2.50. The second-order valence-corrected chi connectivity index (χ2v) is 6.39. The molecule has 144 valence electrons. The van der Waals surface area contributed by atoms with Gasteiger partial charge in [-0.15, -0.1) is 0 Å². The summed E-state index contributed by atoms with van der Waals surface area (Å²) in [6.45, 7) is 0.754. The second-order valence-electron chi connectivity index (χ2n) is 5.57. The lowest BCUT2D eigenvalue weighted by Gasteiger charge is -2.09. The summed E-state index contributed by atoms with van der Waals surface area (Å²) in [5.74, 6) is 0.0799. The molecule has 6 N–H and O–H groups in total. The van der Waals surface area contributed by atoms with Gasteiger partial charge in [0.2, 0.25) is 0 Å². The molecule has 0 bridgehead atoms. The van der Waals surface area contributed by atoms with Crippen molar-refractivity contribution in [1.82, 2.24) is 19.5 Å². The van der Waals surface area contributed by atoms with Gasteiger partial charge in [-0.1, -0.05) is 24.3 Å². The molecule has 11 nitrogen and oxygen atoms in total. The topological polar surface area (TPSA) is 172 Å². The van der Waals surface area contributed by atoms with Crippen molar-refractivity contribution in [3.05, 3.63) is 35.4 Å². The van der Waals surface area contributed by atoms with Gasteiger partial charge >= 0.3 is 14.3 Å². The van der Waals surface area contributed by atoms with Gasteiger partial charge in [0, 0.05) is 6.54 Å². The molecule has 0 aliphatic rings. The number of nitrogens with zero attached hydrogens (tertiary/aromatic N) is 4. The Morgan fingerprint density at radius 1 is 1.22 bits per heavy atom. The van der Waals surface area contributed by atoms with Gasteiger partial charge in [0.25, 0.3) is 6.01 Å². The molecule has 27 heavy (non-hydrogen) atoms. The molecule has 1 atom stereocenters. The second kappa shape index (κ2) is 8.31. The third-order valence-corrected chi connectivity index (χ3v) is 4.02. The molecule has 0 aliphatic heterocycles. The average molecular weight is 394 g/mol.